The molecule has 1 amide bonds. The molecule has 170 valence electrons. The van der Waals surface area contributed by atoms with E-state index in [4.69, 9.17) is 10.00 Å². The summed E-state index contributed by atoms with van der Waals surface area (Å²) < 4.78 is 32.1. The van der Waals surface area contributed by atoms with E-state index in [0.717, 1.165) is 11.1 Å². The predicted molar refractivity (Wildman–Crippen MR) is 121 cm³/mol. The fraction of sp³-hybridized carbons (Fsp3) is 0.417. The molecule has 0 spiro atoms. The number of benzene rings is 2. The van der Waals surface area contributed by atoms with Crippen molar-refractivity contribution in [3.05, 3.63) is 65.2 Å². The molecule has 1 aliphatic rings. The van der Waals surface area contributed by atoms with Crippen LogP contribution in [0.5, 0.6) is 0 Å². The van der Waals surface area contributed by atoms with Crippen LogP contribution < -0.4 is 0 Å². The number of nitrogens with zero attached hydrogens (tertiary/aromatic N) is 3. The predicted octanol–water partition coefficient (Wildman–Crippen LogP) is 3.12. The Kier molecular flexibility index (Phi) is 8.02. The van der Waals surface area contributed by atoms with Crippen molar-refractivity contribution >= 4 is 15.9 Å². The summed E-state index contributed by atoms with van der Waals surface area (Å²) >= 11 is 0. The number of aryl methyl sites for hydroxylation is 1. The molecule has 0 aliphatic carbocycles. The summed E-state index contributed by atoms with van der Waals surface area (Å²) in [7, 11) is -3.52. The molecule has 1 atom stereocenters. The topological polar surface area (TPSA) is 90.7 Å². The second kappa shape index (κ2) is 10.7. The quantitative estimate of drug-likeness (QED) is 0.610. The van der Waals surface area contributed by atoms with Crippen molar-refractivity contribution in [3.63, 3.8) is 0 Å². The lowest BCUT2D eigenvalue weighted by atomic mass is 10.0. The van der Waals surface area contributed by atoms with Gasteiger partial charge in [-0.3, -0.25) is 4.79 Å². The second-order valence-electron chi connectivity index (χ2n) is 7.75. The number of hydrogen-bond acceptors (Lipinski definition) is 5. The molecule has 0 bridgehead atoms. The lowest BCUT2D eigenvalue weighted by Gasteiger charge is -2.28. The number of sulfonamides is 1. The lowest BCUT2D eigenvalue weighted by Crippen LogP contribution is -2.40. The number of morpholine rings is 1. The Bertz CT molecular complexity index is 1050. The molecule has 2 aromatic rings. The maximum absolute atomic E-state index is 12.9. The van der Waals surface area contributed by atoms with Gasteiger partial charge in [0.25, 0.3) is 0 Å². The van der Waals surface area contributed by atoms with Gasteiger partial charge in [-0.05, 0) is 55.7 Å². The molecule has 7 nitrogen and oxygen atoms in total. The maximum atomic E-state index is 12.9. The van der Waals surface area contributed by atoms with Gasteiger partial charge in [0.05, 0.1) is 35.8 Å². The Labute approximate surface area is 190 Å². The van der Waals surface area contributed by atoms with E-state index in [2.05, 4.69) is 6.07 Å². The third-order valence-electron chi connectivity index (χ3n) is 5.81. The van der Waals surface area contributed by atoms with Gasteiger partial charge in [0.1, 0.15) is 0 Å². The summed E-state index contributed by atoms with van der Waals surface area (Å²) in [6.07, 6.45) is 0.872. The minimum atomic E-state index is -3.52. The molecule has 32 heavy (non-hydrogen) atoms. The van der Waals surface area contributed by atoms with Gasteiger partial charge in [0, 0.05) is 26.1 Å². The molecule has 0 saturated carbocycles. The van der Waals surface area contributed by atoms with Crippen molar-refractivity contribution in [1.29, 1.82) is 5.26 Å². The third-order valence-corrected chi connectivity index (χ3v) is 7.72. The summed E-state index contributed by atoms with van der Waals surface area (Å²) in [6, 6.07) is 16.1. The van der Waals surface area contributed by atoms with Gasteiger partial charge < -0.3 is 9.64 Å². The average Bonchev–Trinajstić information content (AvgIpc) is 2.84. The van der Waals surface area contributed by atoms with E-state index < -0.39 is 10.0 Å². The number of hydrogen-bond donors (Lipinski definition) is 0. The van der Waals surface area contributed by atoms with Gasteiger partial charge in [-0.25, -0.2) is 8.42 Å². The Balaban J connectivity index is 1.61. The molecular formula is C24H29N3O4S. The van der Waals surface area contributed by atoms with E-state index >= 15 is 0 Å². The molecule has 1 saturated heterocycles. The molecule has 1 unspecified atom stereocenters. The molecular weight excluding hydrogens is 426 g/mol. The zero-order chi connectivity index (χ0) is 23.1. The first-order valence-corrected chi connectivity index (χ1v) is 12.3. The van der Waals surface area contributed by atoms with E-state index in [1.54, 1.807) is 36.4 Å². The van der Waals surface area contributed by atoms with Crippen molar-refractivity contribution in [2.75, 3.05) is 32.8 Å². The minimum absolute atomic E-state index is 0.0365. The van der Waals surface area contributed by atoms with Gasteiger partial charge in [0.2, 0.25) is 15.9 Å². The Morgan fingerprint density at radius 1 is 1.12 bits per heavy atom. The van der Waals surface area contributed by atoms with Crippen LogP contribution in [0.2, 0.25) is 0 Å². The molecule has 3 rings (SSSR count). The molecule has 1 fully saturated rings. The SMILES string of the molecule is CCN(C(=O)CCc1ccc(S(=O)(=O)N2CCOCC2)cc1)C(C)c1ccc(C#N)cc1. The summed E-state index contributed by atoms with van der Waals surface area (Å²) in [5, 5.41) is 8.96. The molecule has 2 aromatic carbocycles. The Hall–Kier alpha value is -2.73. The van der Waals surface area contributed by atoms with Crippen molar-refractivity contribution in [1.82, 2.24) is 9.21 Å². The van der Waals surface area contributed by atoms with Crippen molar-refractivity contribution in [2.45, 2.75) is 37.6 Å². The number of carbonyl (C=O) groups is 1. The molecule has 0 radical (unpaired) electrons. The summed E-state index contributed by atoms with van der Waals surface area (Å²) in [5.41, 5.74) is 2.49. The smallest absolute Gasteiger partial charge is 0.243 e. The van der Waals surface area contributed by atoms with Gasteiger partial charge >= 0.3 is 0 Å². The third kappa shape index (κ3) is 5.54. The number of nitriles is 1. The molecule has 8 heteroatoms. The first kappa shape index (κ1) is 23.9. The van der Waals surface area contributed by atoms with Crippen LogP contribution in [0.25, 0.3) is 0 Å². The van der Waals surface area contributed by atoms with Crippen LogP contribution in [0.15, 0.2) is 53.4 Å². The highest BCUT2D eigenvalue weighted by Gasteiger charge is 2.26. The normalized spacial score (nSPS) is 15.7. The number of rotatable bonds is 8. The van der Waals surface area contributed by atoms with Gasteiger partial charge in [-0.15, -0.1) is 0 Å². The van der Waals surface area contributed by atoms with E-state index in [0.29, 0.717) is 51.3 Å². The van der Waals surface area contributed by atoms with Crippen LogP contribution >= 0.6 is 0 Å². The first-order valence-electron chi connectivity index (χ1n) is 10.8. The maximum Gasteiger partial charge on any atom is 0.243 e. The Morgan fingerprint density at radius 3 is 2.31 bits per heavy atom. The van der Waals surface area contributed by atoms with Crippen LogP contribution in [0.3, 0.4) is 0 Å². The van der Waals surface area contributed by atoms with E-state index in [1.165, 1.54) is 4.31 Å². The van der Waals surface area contributed by atoms with Crippen molar-refractivity contribution in [2.24, 2.45) is 0 Å². The fourth-order valence-electron chi connectivity index (χ4n) is 3.84. The van der Waals surface area contributed by atoms with Crippen molar-refractivity contribution in [3.8, 4) is 6.07 Å². The van der Waals surface area contributed by atoms with Crippen LogP contribution in [0.4, 0.5) is 0 Å². The highest BCUT2D eigenvalue weighted by Crippen LogP contribution is 2.22. The number of amides is 1. The molecule has 1 heterocycles. The first-order chi connectivity index (χ1) is 15.4. The second-order valence-corrected chi connectivity index (χ2v) is 9.69. The van der Waals surface area contributed by atoms with Gasteiger partial charge in [-0.2, -0.15) is 9.57 Å². The summed E-state index contributed by atoms with van der Waals surface area (Å²) in [5.74, 6) is 0.0365. The fourth-order valence-corrected chi connectivity index (χ4v) is 5.25. The van der Waals surface area contributed by atoms with Crippen molar-refractivity contribution < 1.29 is 17.9 Å². The Morgan fingerprint density at radius 2 is 1.75 bits per heavy atom. The van der Waals surface area contributed by atoms with Gasteiger partial charge in [0.15, 0.2) is 0 Å². The highest BCUT2D eigenvalue weighted by molar-refractivity contribution is 7.89. The zero-order valence-electron chi connectivity index (χ0n) is 18.5. The van der Waals surface area contributed by atoms with E-state index in [9.17, 15) is 13.2 Å². The molecule has 0 N–H and O–H groups in total. The number of ether oxygens (including phenoxy) is 1. The largest absolute Gasteiger partial charge is 0.379 e. The van der Waals surface area contributed by atoms with Crippen LogP contribution in [-0.4, -0.2) is 56.4 Å². The minimum Gasteiger partial charge on any atom is -0.379 e. The van der Waals surface area contributed by atoms with Crippen LogP contribution in [-0.2, 0) is 26.0 Å². The van der Waals surface area contributed by atoms with E-state index in [-0.39, 0.29) is 16.8 Å². The lowest BCUT2D eigenvalue weighted by molar-refractivity contribution is -0.133. The van der Waals surface area contributed by atoms with Gasteiger partial charge in [-0.1, -0.05) is 24.3 Å². The summed E-state index contributed by atoms with van der Waals surface area (Å²) in [4.78, 5) is 15.0. The standard InChI is InChI=1S/C24H29N3O4S/c1-3-27(19(2)22-9-4-21(18-25)5-10-22)24(28)13-8-20-6-11-23(12-7-20)32(29,30)26-14-16-31-17-15-26/h4-7,9-12,19H,3,8,13-17H2,1-2H3. The molecule has 0 aromatic heterocycles. The zero-order valence-corrected chi connectivity index (χ0v) is 19.3. The van der Waals surface area contributed by atoms with E-state index in [1.807, 2.05) is 30.9 Å². The monoisotopic (exact) mass is 455 g/mol. The number of carbonyl (C=O) groups excluding carboxylic acids is 1. The highest BCUT2D eigenvalue weighted by atomic mass is 32.2. The van der Waals surface area contributed by atoms with Crippen LogP contribution in [0.1, 0.15) is 43.0 Å². The molecule has 1 aliphatic heterocycles. The van der Waals surface area contributed by atoms with Crippen LogP contribution in [0, 0.1) is 11.3 Å². The average molecular weight is 456 g/mol. The summed E-state index contributed by atoms with van der Waals surface area (Å²) in [6.45, 7) is 6.06.